The van der Waals surface area contributed by atoms with Crippen molar-refractivity contribution >= 4 is 0 Å². The number of benzene rings is 1. The summed E-state index contributed by atoms with van der Waals surface area (Å²) in [5.41, 5.74) is 0.316. The highest BCUT2D eigenvalue weighted by Crippen LogP contribution is 2.39. The van der Waals surface area contributed by atoms with E-state index >= 15 is 0 Å². The molecule has 106 valence electrons. The van der Waals surface area contributed by atoms with E-state index in [-0.39, 0.29) is 12.1 Å². The molecule has 1 aliphatic heterocycles. The van der Waals surface area contributed by atoms with E-state index in [2.05, 4.69) is 5.32 Å². The Morgan fingerprint density at radius 1 is 1.21 bits per heavy atom. The Bertz CT molecular complexity index is 405. The molecule has 0 amide bonds. The van der Waals surface area contributed by atoms with Crippen LogP contribution in [0.5, 0.6) is 0 Å². The van der Waals surface area contributed by atoms with Crippen molar-refractivity contribution < 1.29 is 13.2 Å². The van der Waals surface area contributed by atoms with Crippen molar-refractivity contribution in [2.45, 2.75) is 38.1 Å². The lowest BCUT2D eigenvalue weighted by atomic mass is 10.0. The van der Waals surface area contributed by atoms with Gasteiger partial charge in [-0.2, -0.15) is 13.2 Å². The highest BCUT2D eigenvalue weighted by molar-refractivity contribution is 5.21. The fraction of sp³-hybridized carbons (Fsp3) is 0.571. The summed E-state index contributed by atoms with van der Waals surface area (Å²) in [7, 11) is 0. The van der Waals surface area contributed by atoms with E-state index in [1.165, 1.54) is 0 Å². The normalized spacial score (nSPS) is 27.2. The minimum atomic E-state index is -4.26. The first-order valence-electron chi connectivity index (χ1n) is 6.50. The van der Waals surface area contributed by atoms with Crippen molar-refractivity contribution in [1.82, 2.24) is 10.2 Å². The molecular weight excluding hydrogens is 253 g/mol. The molecular formula is C14H19F3N2. The van der Waals surface area contributed by atoms with E-state index in [9.17, 15) is 13.2 Å². The molecule has 2 nitrogen and oxygen atoms in total. The Kier molecular flexibility index (Phi) is 4.16. The summed E-state index contributed by atoms with van der Waals surface area (Å²) in [6.07, 6.45) is -4.26. The monoisotopic (exact) mass is 272 g/mol. The molecule has 0 saturated carbocycles. The summed E-state index contributed by atoms with van der Waals surface area (Å²) in [4.78, 5) is 1.55. The van der Waals surface area contributed by atoms with E-state index in [0.717, 1.165) is 0 Å². The predicted octanol–water partition coefficient (Wildman–Crippen LogP) is 2.97. The Morgan fingerprint density at radius 3 is 2.42 bits per heavy atom. The highest BCUT2D eigenvalue weighted by atomic mass is 19.4. The van der Waals surface area contributed by atoms with Crippen molar-refractivity contribution in [2.75, 3.05) is 13.1 Å². The van der Waals surface area contributed by atoms with Gasteiger partial charge in [-0.15, -0.1) is 0 Å². The maximum absolute atomic E-state index is 13.4. The van der Waals surface area contributed by atoms with Crippen molar-refractivity contribution in [2.24, 2.45) is 0 Å². The third-order valence-corrected chi connectivity index (χ3v) is 3.57. The van der Waals surface area contributed by atoms with Crippen LogP contribution in [0.25, 0.3) is 0 Å². The number of nitrogens with one attached hydrogen (secondary N) is 1. The molecule has 1 heterocycles. The minimum Gasteiger partial charge on any atom is -0.311 e. The number of alkyl halides is 3. The summed E-state index contributed by atoms with van der Waals surface area (Å²) < 4.78 is 40.3. The molecule has 1 aromatic carbocycles. The van der Waals surface area contributed by atoms with E-state index in [1.54, 1.807) is 35.2 Å². The van der Waals surface area contributed by atoms with Gasteiger partial charge in [-0.05, 0) is 19.4 Å². The Balaban J connectivity index is 2.33. The molecule has 1 aliphatic rings. The maximum atomic E-state index is 13.4. The van der Waals surface area contributed by atoms with Gasteiger partial charge in [0.1, 0.15) is 6.04 Å². The van der Waals surface area contributed by atoms with Crippen LogP contribution in [0.4, 0.5) is 13.2 Å². The van der Waals surface area contributed by atoms with Gasteiger partial charge in [-0.1, -0.05) is 30.3 Å². The second-order valence-electron chi connectivity index (χ2n) is 5.21. The van der Waals surface area contributed by atoms with Crippen LogP contribution in [-0.4, -0.2) is 36.2 Å². The fourth-order valence-corrected chi connectivity index (χ4v) is 2.61. The number of piperazine rings is 1. The minimum absolute atomic E-state index is 0.0739. The fourth-order valence-electron chi connectivity index (χ4n) is 2.61. The third-order valence-electron chi connectivity index (χ3n) is 3.57. The van der Waals surface area contributed by atoms with E-state index in [0.29, 0.717) is 18.7 Å². The van der Waals surface area contributed by atoms with Crippen LogP contribution < -0.4 is 5.32 Å². The van der Waals surface area contributed by atoms with Gasteiger partial charge in [0.05, 0.1) is 0 Å². The number of halogens is 3. The molecule has 1 aromatic rings. The quantitative estimate of drug-likeness (QED) is 0.890. The van der Waals surface area contributed by atoms with Crippen molar-refractivity contribution in [3.05, 3.63) is 35.9 Å². The van der Waals surface area contributed by atoms with E-state index < -0.39 is 12.2 Å². The van der Waals surface area contributed by atoms with Gasteiger partial charge < -0.3 is 5.32 Å². The predicted molar refractivity (Wildman–Crippen MR) is 68.9 cm³/mol. The van der Waals surface area contributed by atoms with Gasteiger partial charge in [0.25, 0.3) is 0 Å². The second kappa shape index (κ2) is 5.51. The van der Waals surface area contributed by atoms with Gasteiger partial charge in [-0.3, -0.25) is 4.90 Å². The second-order valence-corrected chi connectivity index (χ2v) is 5.21. The molecule has 3 unspecified atom stereocenters. The van der Waals surface area contributed by atoms with Gasteiger partial charge >= 0.3 is 6.18 Å². The molecule has 3 atom stereocenters. The maximum Gasteiger partial charge on any atom is 0.408 e. The van der Waals surface area contributed by atoms with Crippen molar-refractivity contribution in [3.8, 4) is 0 Å². The molecule has 0 aliphatic carbocycles. The zero-order valence-corrected chi connectivity index (χ0v) is 11.1. The SMILES string of the molecule is CC1CN(C(c2ccccc2)C(F)(F)F)C(C)CN1. The largest absolute Gasteiger partial charge is 0.408 e. The van der Waals surface area contributed by atoms with Crippen molar-refractivity contribution in [3.63, 3.8) is 0 Å². The lowest BCUT2D eigenvalue weighted by Gasteiger charge is -2.43. The van der Waals surface area contributed by atoms with Crippen molar-refractivity contribution in [1.29, 1.82) is 0 Å². The van der Waals surface area contributed by atoms with Gasteiger partial charge in [0.15, 0.2) is 0 Å². The molecule has 0 bridgehead atoms. The topological polar surface area (TPSA) is 15.3 Å². The van der Waals surface area contributed by atoms with Gasteiger partial charge in [-0.25, -0.2) is 0 Å². The lowest BCUT2D eigenvalue weighted by Crippen LogP contribution is -2.57. The standard InChI is InChI=1S/C14H19F3N2/c1-10-9-19(11(2)8-18-10)13(14(15,16)17)12-6-4-3-5-7-12/h3-7,10-11,13,18H,8-9H2,1-2H3. The summed E-state index contributed by atoms with van der Waals surface area (Å²) in [5, 5.41) is 3.21. The molecule has 1 saturated heterocycles. The van der Waals surface area contributed by atoms with Crippen LogP contribution in [-0.2, 0) is 0 Å². The molecule has 0 radical (unpaired) electrons. The first kappa shape index (κ1) is 14.3. The van der Waals surface area contributed by atoms with Crippen LogP contribution in [0.15, 0.2) is 30.3 Å². The van der Waals surface area contributed by atoms with Crippen LogP contribution >= 0.6 is 0 Å². The molecule has 0 spiro atoms. The van der Waals surface area contributed by atoms with Crippen LogP contribution in [0, 0.1) is 0 Å². The smallest absolute Gasteiger partial charge is 0.311 e. The summed E-state index contributed by atoms with van der Waals surface area (Å²) in [6, 6.07) is 6.58. The molecule has 0 aromatic heterocycles. The average Bonchev–Trinajstić information content (AvgIpc) is 2.33. The number of nitrogens with zero attached hydrogens (tertiary/aromatic N) is 1. The zero-order chi connectivity index (χ0) is 14.0. The molecule has 2 rings (SSSR count). The number of hydrogen-bond acceptors (Lipinski definition) is 2. The first-order valence-corrected chi connectivity index (χ1v) is 6.50. The van der Waals surface area contributed by atoms with E-state index in [1.807, 2.05) is 13.8 Å². The Hall–Kier alpha value is -1.07. The third kappa shape index (κ3) is 3.28. The van der Waals surface area contributed by atoms with Gasteiger partial charge in [0.2, 0.25) is 0 Å². The summed E-state index contributed by atoms with van der Waals surface area (Å²) in [5.74, 6) is 0. The van der Waals surface area contributed by atoms with Crippen LogP contribution in [0.1, 0.15) is 25.5 Å². The first-order chi connectivity index (χ1) is 8.89. The molecule has 5 heteroatoms. The lowest BCUT2D eigenvalue weighted by molar-refractivity contribution is -0.195. The number of hydrogen-bond donors (Lipinski definition) is 1. The molecule has 1 N–H and O–H groups in total. The van der Waals surface area contributed by atoms with Crippen LogP contribution in [0.2, 0.25) is 0 Å². The van der Waals surface area contributed by atoms with Crippen LogP contribution in [0.3, 0.4) is 0 Å². The highest BCUT2D eigenvalue weighted by Gasteiger charge is 2.47. The zero-order valence-electron chi connectivity index (χ0n) is 11.1. The Morgan fingerprint density at radius 2 is 1.84 bits per heavy atom. The summed E-state index contributed by atoms with van der Waals surface area (Å²) >= 11 is 0. The molecule has 19 heavy (non-hydrogen) atoms. The average molecular weight is 272 g/mol. The van der Waals surface area contributed by atoms with E-state index in [4.69, 9.17) is 0 Å². The number of rotatable bonds is 2. The Labute approximate surface area is 111 Å². The van der Waals surface area contributed by atoms with Gasteiger partial charge in [0, 0.05) is 25.2 Å². The summed E-state index contributed by atoms with van der Waals surface area (Å²) in [6.45, 7) is 4.73. The molecule has 1 fully saturated rings.